The minimum Gasteiger partial charge on any atom is -0.495 e. The van der Waals surface area contributed by atoms with Crippen LogP contribution in [0.3, 0.4) is 0 Å². The number of ether oxygens (including phenoxy) is 1. The third-order valence-electron chi connectivity index (χ3n) is 3.51. The van der Waals surface area contributed by atoms with Crippen LogP contribution in [-0.4, -0.2) is 28.1 Å². The second-order valence-corrected chi connectivity index (χ2v) is 5.90. The van der Waals surface area contributed by atoms with Crippen LogP contribution in [0.2, 0.25) is 5.02 Å². The fraction of sp³-hybridized carbons (Fsp3) is 0.176. The summed E-state index contributed by atoms with van der Waals surface area (Å²) in [5, 5.41) is 10.1. The summed E-state index contributed by atoms with van der Waals surface area (Å²) in [5.74, 6) is 1.61. The zero-order valence-electron chi connectivity index (χ0n) is 14.3. The van der Waals surface area contributed by atoms with Crippen LogP contribution in [0.5, 0.6) is 5.75 Å². The number of anilines is 3. The number of halogens is 1. The van der Waals surface area contributed by atoms with E-state index in [-0.39, 0.29) is 5.69 Å². The van der Waals surface area contributed by atoms with Gasteiger partial charge in [0.25, 0.3) is 5.91 Å². The van der Waals surface area contributed by atoms with Crippen molar-refractivity contribution < 1.29 is 14.1 Å². The second kappa shape index (κ2) is 7.40. The number of hydrogen-bond donors (Lipinski definition) is 2. The summed E-state index contributed by atoms with van der Waals surface area (Å²) in [4.78, 5) is 20.6. The highest BCUT2D eigenvalue weighted by molar-refractivity contribution is 6.31. The van der Waals surface area contributed by atoms with Gasteiger partial charge in [-0.1, -0.05) is 16.8 Å². The molecule has 3 aromatic rings. The van der Waals surface area contributed by atoms with Crippen molar-refractivity contribution >= 4 is 34.8 Å². The van der Waals surface area contributed by atoms with Crippen LogP contribution in [0.4, 0.5) is 17.3 Å². The van der Waals surface area contributed by atoms with E-state index in [1.165, 1.54) is 19.5 Å². The van der Waals surface area contributed by atoms with E-state index in [4.69, 9.17) is 20.9 Å². The molecular formula is C17H16ClN5O3. The van der Waals surface area contributed by atoms with Crippen LogP contribution in [0, 0.1) is 13.8 Å². The quantitative estimate of drug-likeness (QED) is 0.702. The van der Waals surface area contributed by atoms with Crippen molar-refractivity contribution in [3.63, 3.8) is 0 Å². The number of carbonyl (C=O) groups is 1. The fourth-order valence-corrected chi connectivity index (χ4v) is 2.38. The Balaban J connectivity index is 1.80. The van der Waals surface area contributed by atoms with Gasteiger partial charge in [0.2, 0.25) is 0 Å². The van der Waals surface area contributed by atoms with Crippen molar-refractivity contribution in [2.24, 2.45) is 0 Å². The van der Waals surface area contributed by atoms with Crippen molar-refractivity contribution in [2.45, 2.75) is 13.8 Å². The van der Waals surface area contributed by atoms with E-state index in [0.29, 0.717) is 33.9 Å². The molecule has 0 fully saturated rings. The molecule has 9 heteroatoms. The van der Waals surface area contributed by atoms with E-state index < -0.39 is 5.91 Å². The van der Waals surface area contributed by atoms with E-state index in [1.54, 1.807) is 25.1 Å². The van der Waals surface area contributed by atoms with Crippen molar-refractivity contribution in [1.29, 1.82) is 0 Å². The maximum Gasteiger partial charge on any atom is 0.274 e. The molecule has 26 heavy (non-hydrogen) atoms. The molecule has 0 atom stereocenters. The van der Waals surface area contributed by atoms with Crippen LogP contribution in [-0.2, 0) is 0 Å². The molecule has 0 radical (unpaired) electrons. The smallest absolute Gasteiger partial charge is 0.274 e. The first kappa shape index (κ1) is 17.7. The van der Waals surface area contributed by atoms with Gasteiger partial charge in [-0.05, 0) is 25.5 Å². The predicted octanol–water partition coefficient (Wildman–Crippen LogP) is 3.74. The highest BCUT2D eigenvalue weighted by Crippen LogP contribution is 2.31. The lowest BCUT2D eigenvalue weighted by Gasteiger charge is -2.12. The summed E-state index contributed by atoms with van der Waals surface area (Å²) in [7, 11) is 1.50. The van der Waals surface area contributed by atoms with E-state index in [2.05, 4.69) is 25.8 Å². The molecule has 2 heterocycles. The van der Waals surface area contributed by atoms with E-state index in [1.807, 2.05) is 6.92 Å². The minimum absolute atomic E-state index is 0.178. The van der Waals surface area contributed by atoms with Crippen LogP contribution in [0.25, 0.3) is 0 Å². The lowest BCUT2D eigenvalue weighted by Crippen LogP contribution is -2.15. The van der Waals surface area contributed by atoms with Gasteiger partial charge < -0.3 is 19.9 Å². The molecule has 3 rings (SSSR count). The summed E-state index contributed by atoms with van der Waals surface area (Å²) >= 11 is 6.08. The number of rotatable bonds is 5. The van der Waals surface area contributed by atoms with Gasteiger partial charge >= 0.3 is 0 Å². The Hall–Kier alpha value is -3.13. The Morgan fingerprint density at radius 3 is 2.65 bits per heavy atom. The third kappa shape index (κ3) is 3.92. The molecule has 2 aromatic heterocycles. The number of amides is 1. The maximum absolute atomic E-state index is 12.5. The Morgan fingerprint density at radius 2 is 1.96 bits per heavy atom. The first-order valence-electron chi connectivity index (χ1n) is 7.64. The van der Waals surface area contributed by atoms with Crippen molar-refractivity contribution in [3.05, 3.63) is 52.6 Å². The van der Waals surface area contributed by atoms with Crippen LogP contribution in [0.15, 0.2) is 35.1 Å². The van der Waals surface area contributed by atoms with Gasteiger partial charge in [0, 0.05) is 23.2 Å². The molecule has 0 aliphatic rings. The maximum atomic E-state index is 12.5. The molecular weight excluding hydrogens is 358 g/mol. The third-order valence-corrected chi connectivity index (χ3v) is 3.92. The van der Waals surface area contributed by atoms with Gasteiger partial charge in [0.15, 0.2) is 5.82 Å². The first-order chi connectivity index (χ1) is 12.5. The Labute approximate surface area is 154 Å². The monoisotopic (exact) mass is 373 g/mol. The first-order valence-corrected chi connectivity index (χ1v) is 8.02. The number of carbonyl (C=O) groups excluding carboxylic acids is 1. The highest BCUT2D eigenvalue weighted by Gasteiger charge is 2.14. The van der Waals surface area contributed by atoms with E-state index in [9.17, 15) is 4.79 Å². The summed E-state index contributed by atoms with van der Waals surface area (Å²) in [6.07, 6.45) is 1.29. The van der Waals surface area contributed by atoms with Crippen molar-refractivity contribution in [1.82, 2.24) is 15.1 Å². The van der Waals surface area contributed by atoms with Gasteiger partial charge in [-0.3, -0.25) is 4.79 Å². The lowest BCUT2D eigenvalue weighted by atomic mass is 10.2. The van der Waals surface area contributed by atoms with E-state index in [0.717, 1.165) is 5.56 Å². The summed E-state index contributed by atoms with van der Waals surface area (Å²) in [6, 6.07) is 6.60. The SMILES string of the molecule is COc1cc(Cl)c(C)cc1NC(=O)c1cc(Nc2cc(C)on2)ncn1. The van der Waals surface area contributed by atoms with Gasteiger partial charge in [-0.15, -0.1) is 0 Å². The number of nitrogens with one attached hydrogen (secondary N) is 2. The average Bonchev–Trinajstić information content (AvgIpc) is 3.03. The van der Waals surface area contributed by atoms with Crippen molar-refractivity contribution in [3.8, 4) is 5.75 Å². The molecule has 1 amide bonds. The number of benzene rings is 1. The zero-order valence-corrected chi connectivity index (χ0v) is 15.1. The van der Waals surface area contributed by atoms with Gasteiger partial charge in [-0.2, -0.15) is 0 Å². The summed E-state index contributed by atoms with van der Waals surface area (Å²) < 4.78 is 10.2. The summed E-state index contributed by atoms with van der Waals surface area (Å²) in [5.41, 5.74) is 1.49. The van der Waals surface area contributed by atoms with Gasteiger partial charge in [-0.25, -0.2) is 9.97 Å². The molecule has 0 unspecified atom stereocenters. The number of nitrogens with zero attached hydrogens (tertiary/aromatic N) is 3. The van der Waals surface area contributed by atoms with E-state index >= 15 is 0 Å². The molecule has 0 aliphatic heterocycles. The van der Waals surface area contributed by atoms with Crippen LogP contribution >= 0.6 is 11.6 Å². The topological polar surface area (TPSA) is 102 Å². The molecule has 1 aromatic carbocycles. The number of aromatic nitrogens is 3. The summed E-state index contributed by atoms with van der Waals surface area (Å²) in [6.45, 7) is 3.61. The van der Waals surface area contributed by atoms with Gasteiger partial charge in [0.1, 0.15) is 29.3 Å². The molecule has 0 bridgehead atoms. The molecule has 8 nitrogen and oxygen atoms in total. The Bertz CT molecular complexity index is 957. The highest BCUT2D eigenvalue weighted by atomic mass is 35.5. The standard InChI is InChI=1S/C17H16ClN5O3/c1-9-4-12(14(25-3)6-11(9)18)21-17(24)13-7-15(20-8-19-13)22-16-5-10(2)26-23-16/h4-8H,1-3H3,(H,21,24)(H,19,20,22,23). The van der Waals surface area contributed by atoms with Crippen LogP contribution < -0.4 is 15.4 Å². The molecule has 2 N–H and O–H groups in total. The van der Waals surface area contributed by atoms with Crippen LogP contribution in [0.1, 0.15) is 21.8 Å². The normalized spacial score (nSPS) is 10.5. The Morgan fingerprint density at radius 1 is 1.15 bits per heavy atom. The molecule has 0 saturated heterocycles. The molecule has 0 spiro atoms. The predicted molar refractivity (Wildman–Crippen MR) is 97.2 cm³/mol. The van der Waals surface area contributed by atoms with Gasteiger partial charge in [0.05, 0.1) is 12.8 Å². The number of methoxy groups -OCH3 is 1. The van der Waals surface area contributed by atoms with Crippen molar-refractivity contribution in [2.75, 3.05) is 17.7 Å². The number of aryl methyl sites for hydroxylation is 2. The molecule has 0 saturated carbocycles. The Kier molecular flexibility index (Phi) is 5.04. The molecule has 0 aliphatic carbocycles. The second-order valence-electron chi connectivity index (χ2n) is 5.49. The fourth-order valence-electron chi connectivity index (χ4n) is 2.22. The average molecular weight is 374 g/mol. The zero-order chi connectivity index (χ0) is 18.7. The number of hydrogen-bond acceptors (Lipinski definition) is 7. The lowest BCUT2D eigenvalue weighted by molar-refractivity contribution is 0.102. The largest absolute Gasteiger partial charge is 0.495 e. The molecule has 134 valence electrons. The minimum atomic E-state index is -0.410.